The number of aryl methyl sites for hydroxylation is 1. The summed E-state index contributed by atoms with van der Waals surface area (Å²) in [6.45, 7) is 9.32. The summed E-state index contributed by atoms with van der Waals surface area (Å²) in [4.78, 5) is 0. The van der Waals surface area contributed by atoms with Crippen molar-refractivity contribution < 1.29 is 0 Å². The molecule has 112 valence electrons. The van der Waals surface area contributed by atoms with Crippen LogP contribution in [-0.2, 0) is 6.42 Å². The van der Waals surface area contributed by atoms with Crippen molar-refractivity contribution in [2.45, 2.75) is 71.9 Å². The van der Waals surface area contributed by atoms with Gasteiger partial charge in [0, 0.05) is 12.1 Å². The maximum atomic E-state index is 3.93. The first-order chi connectivity index (χ1) is 9.63. The Morgan fingerprint density at radius 3 is 2.35 bits per heavy atom. The summed E-state index contributed by atoms with van der Waals surface area (Å²) >= 11 is 0. The standard InChI is InChI=1S/C19H31N/c1-5-16-8-10-17(11-9-16)18(6-2)20-19-12-7-14(3)13-15(19)4/h8-11,14-15,18-20H,5-7,12-13H2,1-4H3. The highest BCUT2D eigenvalue weighted by Gasteiger charge is 2.26. The lowest BCUT2D eigenvalue weighted by Crippen LogP contribution is -2.40. The molecule has 1 fully saturated rings. The molecule has 1 aliphatic carbocycles. The number of hydrogen-bond donors (Lipinski definition) is 1. The summed E-state index contributed by atoms with van der Waals surface area (Å²) in [7, 11) is 0. The molecule has 2 rings (SSSR count). The van der Waals surface area contributed by atoms with E-state index in [0.29, 0.717) is 12.1 Å². The van der Waals surface area contributed by atoms with Crippen LogP contribution in [0.25, 0.3) is 0 Å². The van der Waals surface area contributed by atoms with Gasteiger partial charge in [-0.2, -0.15) is 0 Å². The average Bonchev–Trinajstić information content (AvgIpc) is 2.47. The SMILES string of the molecule is CCc1ccc(C(CC)NC2CCC(C)CC2C)cc1. The van der Waals surface area contributed by atoms with Crippen LogP contribution in [0.1, 0.15) is 70.5 Å². The fraction of sp³-hybridized carbons (Fsp3) is 0.684. The third-order valence-electron chi connectivity index (χ3n) is 5.05. The first kappa shape index (κ1) is 15.6. The van der Waals surface area contributed by atoms with E-state index in [1.165, 1.54) is 36.8 Å². The van der Waals surface area contributed by atoms with Gasteiger partial charge in [0.2, 0.25) is 0 Å². The van der Waals surface area contributed by atoms with E-state index in [1.54, 1.807) is 0 Å². The second-order valence-corrected chi connectivity index (χ2v) is 6.72. The summed E-state index contributed by atoms with van der Waals surface area (Å²) in [5.41, 5.74) is 2.89. The monoisotopic (exact) mass is 273 g/mol. The molecule has 1 N–H and O–H groups in total. The van der Waals surface area contributed by atoms with Crippen molar-refractivity contribution in [3.8, 4) is 0 Å². The Balaban J connectivity index is 2.00. The van der Waals surface area contributed by atoms with E-state index in [4.69, 9.17) is 0 Å². The molecule has 1 nitrogen and oxygen atoms in total. The number of hydrogen-bond acceptors (Lipinski definition) is 1. The molecule has 0 heterocycles. The summed E-state index contributed by atoms with van der Waals surface area (Å²) in [5.74, 6) is 1.72. The lowest BCUT2D eigenvalue weighted by molar-refractivity contribution is 0.212. The number of nitrogens with one attached hydrogen (secondary N) is 1. The molecule has 0 amide bonds. The average molecular weight is 273 g/mol. The highest BCUT2D eigenvalue weighted by Crippen LogP contribution is 2.31. The predicted molar refractivity (Wildman–Crippen MR) is 88.0 cm³/mol. The molecule has 0 spiro atoms. The van der Waals surface area contributed by atoms with Gasteiger partial charge in [-0.25, -0.2) is 0 Å². The van der Waals surface area contributed by atoms with Gasteiger partial charge < -0.3 is 5.32 Å². The van der Waals surface area contributed by atoms with Crippen molar-refractivity contribution in [1.82, 2.24) is 5.32 Å². The van der Waals surface area contributed by atoms with E-state index >= 15 is 0 Å². The third kappa shape index (κ3) is 3.85. The molecule has 1 aliphatic rings. The van der Waals surface area contributed by atoms with Crippen LogP contribution in [0, 0.1) is 11.8 Å². The number of benzene rings is 1. The normalized spacial score (nSPS) is 28.3. The quantitative estimate of drug-likeness (QED) is 0.785. The second-order valence-electron chi connectivity index (χ2n) is 6.72. The Hall–Kier alpha value is -0.820. The van der Waals surface area contributed by atoms with Crippen LogP contribution >= 0.6 is 0 Å². The summed E-state index contributed by atoms with van der Waals surface area (Å²) in [5, 5.41) is 3.93. The molecule has 1 aromatic rings. The van der Waals surface area contributed by atoms with Crippen LogP contribution in [0.5, 0.6) is 0 Å². The maximum absolute atomic E-state index is 3.93. The Bertz CT molecular complexity index is 395. The lowest BCUT2D eigenvalue weighted by Gasteiger charge is -2.36. The summed E-state index contributed by atoms with van der Waals surface area (Å²) in [6, 6.07) is 10.4. The van der Waals surface area contributed by atoms with Crippen molar-refractivity contribution in [3.63, 3.8) is 0 Å². The van der Waals surface area contributed by atoms with Crippen molar-refractivity contribution in [3.05, 3.63) is 35.4 Å². The Labute approximate surface area is 125 Å². The zero-order valence-corrected chi connectivity index (χ0v) is 13.7. The third-order valence-corrected chi connectivity index (χ3v) is 5.05. The molecule has 1 aromatic carbocycles. The molecule has 0 aromatic heterocycles. The van der Waals surface area contributed by atoms with Crippen molar-refractivity contribution in [2.24, 2.45) is 11.8 Å². The van der Waals surface area contributed by atoms with E-state index in [-0.39, 0.29) is 0 Å². The highest BCUT2D eigenvalue weighted by atomic mass is 15.0. The van der Waals surface area contributed by atoms with Gasteiger partial charge in [-0.05, 0) is 55.1 Å². The van der Waals surface area contributed by atoms with Gasteiger partial charge >= 0.3 is 0 Å². The molecule has 0 aliphatic heterocycles. The minimum Gasteiger partial charge on any atom is -0.307 e. The minimum atomic E-state index is 0.516. The van der Waals surface area contributed by atoms with Gasteiger partial charge in [-0.15, -0.1) is 0 Å². The van der Waals surface area contributed by atoms with Gasteiger partial charge in [0.1, 0.15) is 0 Å². The molecule has 0 radical (unpaired) electrons. The van der Waals surface area contributed by atoms with Gasteiger partial charge in [0.05, 0.1) is 0 Å². The minimum absolute atomic E-state index is 0.516. The molecule has 4 atom stereocenters. The molecule has 1 heteroatoms. The van der Waals surface area contributed by atoms with Gasteiger partial charge in [-0.1, -0.05) is 52.0 Å². The zero-order chi connectivity index (χ0) is 14.5. The molecule has 20 heavy (non-hydrogen) atoms. The van der Waals surface area contributed by atoms with Gasteiger partial charge in [0.15, 0.2) is 0 Å². The summed E-state index contributed by atoms with van der Waals surface area (Å²) in [6.07, 6.45) is 6.40. The highest BCUT2D eigenvalue weighted by molar-refractivity contribution is 5.25. The van der Waals surface area contributed by atoms with Crippen molar-refractivity contribution in [1.29, 1.82) is 0 Å². The predicted octanol–water partition coefficient (Wildman–Crippen LogP) is 5.11. The molecule has 0 saturated heterocycles. The van der Waals surface area contributed by atoms with E-state index < -0.39 is 0 Å². The van der Waals surface area contributed by atoms with Crippen molar-refractivity contribution in [2.75, 3.05) is 0 Å². The molecular formula is C19H31N. The van der Waals surface area contributed by atoms with Crippen molar-refractivity contribution >= 4 is 0 Å². The van der Waals surface area contributed by atoms with Crippen LogP contribution in [0.15, 0.2) is 24.3 Å². The summed E-state index contributed by atoms with van der Waals surface area (Å²) < 4.78 is 0. The Kier molecular flexibility index (Phi) is 5.65. The fourth-order valence-corrected chi connectivity index (χ4v) is 3.61. The Morgan fingerprint density at radius 2 is 1.80 bits per heavy atom. The topological polar surface area (TPSA) is 12.0 Å². The van der Waals surface area contributed by atoms with Gasteiger partial charge in [-0.3, -0.25) is 0 Å². The molecule has 1 saturated carbocycles. The Morgan fingerprint density at radius 1 is 1.10 bits per heavy atom. The smallest absolute Gasteiger partial charge is 0.0320 e. The second kappa shape index (κ2) is 7.26. The van der Waals surface area contributed by atoms with Crippen LogP contribution in [0.4, 0.5) is 0 Å². The van der Waals surface area contributed by atoms with Crippen LogP contribution in [0.3, 0.4) is 0 Å². The molecule has 4 unspecified atom stereocenters. The molecular weight excluding hydrogens is 242 g/mol. The van der Waals surface area contributed by atoms with E-state index in [2.05, 4.69) is 57.3 Å². The maximum Gasteiger partial charge on any atom is 0.0320 e. The van der Waals surface area contributed by atoms with Crippen LogP contribution in [0.2, 0.25) is 0 Å². The van der Waals surface area contributed by atoms with E-state index in [1.807, 2.05) is 0 Å². The van der Waals surface area contributed by atoms with E-state index in [9.17, 15) is 0 Å². The fourth-order valence-electron chi connectivity index (χ4n) is 3.61. The van der Waals surface area contributed by atoms with Crippen LogP contribution in [-0.4, -0.2) is 6.04 Å². The lowest BCUT2D eigenvalue weighted by atomic mass is 9.79. The largest absolute Gasteiger partial charge is 0.307 e. The molecule has 0 bridgehead atoms. The van der Waals surface area contributed by atoms with Gasteiger partial charge in [0.25, 0.3) is 0 Å². The zero-order valence-electron chi connectivity index (χ0n) is 13.7. The number of rotatable bonds is 5. The first-order valence-electron chi connectivity index (χ1n) is 8.48. The first-order valence-corrected chi connectivity index (χ1v) is 8.48. The van der Waals surface area contributed by atoms with Crippen LogP contribution < -0.4 is 5.32 Å². The van der Waals surface area contributed by atoms with E-state index in [0.717, 1.165) is 18.3 Å².